The number of furan rings is 1. The largest absolute Gasteiger partial charge is 0.472 e. The van der Waals surface area contributed by atoms with Crippen molar-refractivity contribution in [2.45, 2.75) is 64.8 Å². The molecule has 24 heavy (non-hydrogen) atoms. The summed E-state index contributed by atoms with van der Waals surface area (Å²) >= 11 is 0. The van der Waals surface area contributed by atoms with Crippen molar-refractivity contribution in [3.8, 4) is 0 Å². The van der Waals surface area contributed by atoms with E-state index in [1.54, 1.807) is 6.26 Å². The van der Waals surface area contributed by atoms with Crippen molar-refractivity contribution >= 4 is 5.91 Å². The van der Waals surface area contributed by atoms with Crippen molar-refractivity contribution in [2.75, 3.05) is 0 Å². The number of rotatable bonds is 8. The van der Waals surface area contributed by atoms with Gasteiger partial charge in [0.25, 0.3) is 5.91 Å². The van der Waals surface area contributed by atoms with Crippen molar-refractivity contribution in [3.63, 3.8) is 0 Å². The zero-order chi connectivity index (χ0) is 17.6. The van der Waals surface area contributed by atoms with Crippen molar-refractivity contribution in [1.82, 2.24) is 5.32 Å². The van der Waals surface area contributed by atoms with Crippen LogP contribution in [0.5, 0.6) is 0 Å². The van der Waals surface area contributed by atoms with E-state index in [1.807, 2.05) is 37.5 Å². The summed E-state index contributed by atoms with van der Waals surface area (Å²) in [5, 5.41) is 3.17. The molecule has 0 fully saturated rings. The van der Waals surface area contributed by atoms with Crippen molar-refractivity contribution in [2.24, 2.45) is 0 Å². The second kappa shape index (κ2) is 8.18. The molecule has 1 amide bonds. The molecule has 1 aromatic carbocycles. The average molecular weight is 327 g/mol. The van der Waals surface area contributed by atoms with E-state index in [0.717, 1.165) is 31.2 Å². The SMILES string of the molecule is CCCC(CCC(C)(C)NC(=O)c1ccc(C)cc1)c1ccoc1. The molecule has 0 aliphatic heterocycles. The Kier molecular flexibility index (Phi) is 6.24. The van der Waals surface area contributed by atoms with Gasteiger partial charge in [-0.2, -0.15) is 0 Å². The lowest BCUT2D eigenvalue weighted by Gasteiger charge is -2.28. The van der Waals surface area contributed by atoms with Gasteiger partial charge in [-0.15, -0.1) is 0 Å². The van der Waals surface area contributed by atoms with Gasteiger partial charge < -0.3 is 9.73 Å². The van der Waals surface area contributed by atoms with Gasteiger partial charge in [-0.1, -0.05) is 31.0 Å². The number of aryl methyl sites for hydroxylation is 1. The van der Waals surface area contributed by atoms with Gasteiger partial charge in [-0.05, 0) is 69.7 Å². The van der Waals surface area contributed by atoms with Gasteiger partial charge >= 0.3 is 0 Å². The predicted molar refractivity (Wildman–Crippen MR) is 98.3 cm³/mol. The van der Waals surface area contributed by atoms with Crippen LogP contribution in [0.25, 0.3) is 0 Å². The highest BCUT2D eigenvalue weighted by atomic mass is 16.3. The molecule has 1 unspecified atom stereocenters. The fourth-order valence-corrected chi connectivity index (χ4v) is 3.02. The maximum atomic E-state index is 12.4. The second-order valence-corrected chi connectivity index (χ2v) is 7.28. The van der Waals surface area contributed by atoms with Gasteiger partial charge in [0.1, 0.15) is 0 Å². The Morgan fingerprint density at radius 1 is 1.17 bits per heavy atom. The average Bonchev–Trinajstić information content (AvgIpc) is 3.06. The molecule has 3 nitrogen and oxygen atoms in total. The fourth-order valence-electron chi connectivity index (χ4n) is 3.02. The molecule has 0 radical (unpaired) electrons. The number of amides is 1. The minimum Gasteiger partial charge on any atom is -0.472 e. The van der Waals surface area contributed by atoms with Crippen LogP contribution in [0.1, 0.15) is 73.9 Å². The number of benzene rings is 1. The molecule has 2 rings (SSSR count). The van der Waals surface area contributed by atoms with Crippen LogP contribution in [-0.4, -0.2) is 11.4 Å². The molecule has 0 aliphatic carbocycles. The Morgan fingerprint density at radius 2 is 1.88 bits per heavy atom. The Hall–Kier alpha value is -2.03. The van der Waals surface area contributed by atoms with Gasteiger partial charge in [0.15, 0.2) is 0 Å². The van der Waals surface area contributed by atoms with Gasteiger partial charge in [-0.3, -0.25) is 4.79 Å². The topological polar surface area (TPSA) is 42.2 Å². The normalized spacial score (nSPS) is 12.8. The van der Waals surface area contributed by atoms with Gasteiger partial charge in [0.2, 0.25) is 0 Å². The Morgan fingerprint density at radius 3 is 2.46 bits per heavy atom. The van der Waals surface area contributed by atoms with E-state index < -0.39 is 0 Å². The lowest BCUT2D eigenvalue weighted by atomic mass is 9.86. The van der Waals surface area contributed by atoms with E-state index in [1.165, 1.54) is 5.56 Å². The van der Waals surface area contributed by atoms with Crippen LogP contribution in [0.2, 0.25) is 0 Å². The van der Waals surface area contributed by atoms with E-state index in [4.69, 9.17) is 4.42 Å². The van der Waals surface area contributed by atoms with Crippen LogP contribution in [0.15, 0.2) is 47.3 Å². The van der Waals surface area contributed by atoms with Crippen molar-refractivity contribution in [3.05, 3.63) is 59.5 Å². The Labute approximate surface area is 145 Å². The molecule has 0 bridgehead atoms. The molecule has 1 atom stereocenters. The van der Waals surface area contributed by atoms with E-state index in [2.05, 4.69) is 32.2 Å². The summed E-state index contributed by atoms with van der Waals surface area (Å²) in [4.78, 5) is 12.4. The summed E-state index contributed by atoms with van der Waals surface area (Å²) in [6, 6.07) is 9.76. The summed E-state index contributed by atoms with van der Waals surface area (Å²) < 4.78 is 5.24. The molecular weight excluding hydrogens is 298 g/mol. The third-order valence-corrected chi connectivity index (χ3v) is 4.54. The molecule has 0 saturated heterocycles. The first-order valence-corrected chi connectivity index (χ1v) is 8.82. The summed E-state index contributed by atoms with van der Waals surface area (Å²) in [6.45, 7) is 8.42. The van der Waals surface area contributed by atoms with Crippen LogP contribution in [0.3, 0.4) is 0 Å². The minimum atomic E-state index is -0.238. The predicted octanol–water partition coefficient (Wildman–Crippen LogP) is 5.46. The van der Waals surface area contributed by atoms with Gasteiger partial charge in [0.05, 0.1) is 12.5 Å². The lowest BCUT2D eigenvalue weighted by Crippen LogP contribution is -2.43. The smallest absolute Gasteiger partial charge is 0.251 e. The number of carbonyl (C=O) groups excluding carboxylic acids is 1. The zero-order valence-electron chi connectivity index (χ0n) is 15.3. The van der Waals surface area contributed by atoms with Crippen molar-refractivity contribution in [1.29, 1.82) is 0 Å². The minimum absolute atomic E-state index is 0.00430. The maximum Gasteiger partial charge on any atom is 0.251 e. The first kappa shape index (κ1) is 18.3. The van der Waals surface area contributed by atoms with Gasteiger partial charge in [0, 0.05) is 11.1 Å². The van der Waals surface area contributed by atoms with Crippen LogP contribution in [0, 0.1) is 6.92 Å². The number of nitrogens with one attached hydrogen (secondary N) is 1. The first-order valence-electron chi connectivity index (χ1n) is 8.82. The Bertz CT molecular complexity index is 626. The Balaban J connectivity index is 1.94. The van der Waals surface area contributed by atoms with E-state index >= 15 is 0 Å². The maximum absolute atomic E-state index is 12.4. The summed E-state index contributed by atoms with van der Waals surface area (Å²) in [5.41, 5.74) is 2.90. The third-order valence-electron chi connectivity index (χ3n) is 4.54. The van der Waals surface area contributed by atoms with E-state index in [9.17, 15) is 4.79 Å². The summed E-state index contributed by atoms with van der Waals surface area (Å²) in [7, 11) is 0. The van der Waals surface area contributed by atoms with Crippen LogP contribution >= 0.6 is 0 Å². The van der Waals surface area contributed by atoms with Crippen LogP contribution in [0.4, 0.5) is 0 Å². The van der Waals surface area contributed by atoms with E-state index in [-0.39, 0.29) is 11.4 Å². The molecule has 1 heterocycles. The highest BCUT2D eigenvalue weighted by Gasteiger charge is 2.23. The number of carbonyl (C=O) groups is 1. The highest BCUT2D eigenvalue weighted by Crippen LogP contribution is 2.29. The molecular formula is C21H29NO2. The molecule has 130 valence electrons. The van der Waals surface area contributed by atoms with E-state index in [0.29, 0.717) is 11.5 Å². The quantitative estimate of drug-likeness (QED) is 0.699. The molecule has 0 aliphatic rings. The summed E-state index contributed by atoms with van der Waals surface area (Å²) in [6.07, 6.45) is 7.84. The number of hydrogen-bond donors (Lipinski definition) is 1. The zero-order valence-corrected chi connectivity index (χ0v) is 15.3. The fraction of sp³-hybridized carbons (Fsp3) is 0.476. The van der Waals surface area contributed by atoms with Crippen molar-refractivity contribution < 1.29 is 9.21 Å². The third kappa shape index (κ3) is 5.26. The molecule has 2 aromatic rings. The molecule has 1 aromatic heterocycles. The molecule has 0 spiro atoms. The second-order valence-electron chi connectivity index (χ2n) is 7.28. The van der Waals surface area contributed by atoms with Gasteiger partial charge in [-0.25, -0.2) is 0 Å². The highest BCUT2D eigenvalue weighted by molar-refractivity contribution is 5.94. The standard InChI is InChI=1S/C21H29NO2/c1-5-6-17(19-12-14-24-15-19)11-13-21(3,4)22-20(23)18-9-7-16(2)8-10-18/h7-10,12,14-15,17H,5-6,11,13H2,1-4H3,(H,22,23). The monoisotopic (exact) mass is 327 g/mol. The first-order chi connectivity index (χ1) is 11.4. The van der Waals surface area contributed by atoms with Crippen LogP contribution in [-0.2, 0) is 0 Å². The molecule has 3 heteroatoms. The molecule has 1 N–H and O–H groups in total. The van der Waals surface area contributed by atoms with Crippen LogP contribution < -0.4 is 5.32 Å². The molecule has 0 saturated carbocycles. The lowest BCUT2D eigenvalue weighted by molar-refractivity contribution is 0.0907. The number of hydrogen-bond acceptors (Lipinski definition) is 2. The summed E-state index contributed by atoms with van der Waals surface area (Å²) in [5.74, 6) is 0.486.